The smallest absolute Gasteiger partial charge is 0.270 e. The summed E-state index contributed by atoms with van der Waals surface area (Å²) in [6, 6.07) is 5.74. The quantitative estimate of drug-likeness (QED) is 0.872. The van der Waals surface area contributed by atoms with Gasteiger partial charge in [0.25, 0.3) is 5.91 Å². The Bertz CT molecular complexity index is 715. The zero-order valence-electron chi connectivity index (χ0n) is 12.8. The monoisotopic (exact) mass is 301 g/mol. The Hall–Kier alpha value is -2.50. The molecule has 1 saturated heterocycles. The minimum absolute atomic E-state index is 0.0155. The number of piperazine rings is 1. The average Bonchev–Trinajstić information content (AvgIpc) is 2.90. The van der Waals surface area contributed by atoms with E-state index in [2.05, 4.69) is 4.98 Å². The van der Waals surface area contributed by atoms with E-state index in [1.807, 2.05) is 25.1 Å². The van der Waals surface area contributed by atoms with Crippen molar-refractivity contribution in [3.05, 3.63) is 29.5 Å². The number of aromatic amines is 1. The molecule has 2 heterocycles. The van der Waals surface area contributed by atoms with Gasteiger partial charge >= 0.3 is 0 Å². The Kier molecular flexibility index (Phi) is 3.75. The number of amides is 2. The number of rotatable bonds is 3. The molecule has 0 spiro atoms. The number of ether oxygens (including phenoxy) is 1. The molecule has 22 heavy (non-hydrogen) atoms. The second kappa shape index (κ2) is 5.71. The van der Waals surface area contributed by atoms with Crippen molar-refractivity contribution in [2.45, 2.75) is 6.92 Å². The van der Waals surface area contributed by atoms with Gasteiger partial charge in [0.2, 0.25) is 6.41 Å². The summed E-state index contributed by atoms with van der Waals surface area (Å²) in [7, 11) is 1.62. The standard InChI is InChI=1S/C16H19N3O3/c1-11-13-4-3-12(22-2)9-14(13)17-15(11)16(21)19-7-5-18(10-20)6-8-19/h3-4,9-10,17H,5-8H2,1-2H3. The molecular formula is C16H19N3O3. The minimum Gasteiger partial charge on any atom is -0.497 e. The van der Waals surface area contributed by atoms with Crippen LogP contribution in [-0.2, 0) is 4.79 Å². The van der Waals surface area contributed by atoms with Crippen molar-refractivity contribution in [2.75, 3.05) is 33.3 Å². The lowest BCUT2D eigenvalue weighted by Crippen LogP contribution is -2.48. The Morgan fingerprint density at radius 1 is 1.27 bits per heavy atom. The van der Waals surface area contributed by atoms with Crippen LogP contribution < -0.4 is 4.74 Å². The number of nitrogens with one attached hydrogen (secondary N) is 1. The topological polar surface area (TPSA) is 65.6 Å². The maximum absolute atomic E-state index is 12.7. The van der Waals surface area contributed by atoms with Crippen LogP contribution in [0.2, 0.25) is 0 Å². The summed E-state index contributed by atoms with van der Waals surface area (Å²) >= 11 is 0. The van der Waals surface area contributed by atoms with E-state index in [1.165, 1.54) is 0 Å². The van der Waals surface area contributed by atoms with Crippen LogP contribution in [0, 0.1) is 6.92 Å². The van der Waals surface area contributed by atoms with Crippen molar-refractivity contribution in [1.82, 2.24) is 14.8 Å². The Morgan fingerprint density at radius 2 is 2.00 bits per heavy atom. The molecule has 0 unspecified atom stereocenters. The average molecular weight is 301 g/mol. The number of hydrogen-bond acceptors (Lipinski definition) is 3. The van der Waals surface area contributed by atoms with Crippen LogP contribution in [0.5, 0.6) is 5.75 Å². The van der Waals surface area contributed by atoms with Gasteiger partial charge in [0.1, 0.15) is 11.4 Å². The maximum atomic E-state index is 12.7. The predicted octanol–water partition coefficient (Wildman–Crippen LogP) is 1.40. The highest BCUT2D eigenvalue weighted by atomic mass is 16.5. The van der Waals surface area contributed by atoms with Gasteiger partial charge in [-0.25, -0.2) is 0 Å². The van der Waals surface area contributed by atoms with Crippen molar-refractivity contribution >= 4 is 23.2 Å². The third-order valence-corrected chi connectivity index (χ3v) is 4.23. The number of carbonyl (C=O) groups excluding carboxylic acids is 2. The van der Waals surface area contributed by atoms with Gasteiger partial charge in [-0.2, -0.15) is 0 Å². The fraction of sp³-hybridized carbons (Fsp3) is 0.375. The molecule has 2 aromatic rings. The highest BCUT2D eigenvalue weighted by Crippen LogP contribution is 2.26. The molecule has 0 radical (unpaired) electrons. The molecule has 3 rings (SSSR count). The van der Waals surface area contributed by atoms with E-state index in [4.69, 9.17) is 4.74 Å². The molecule has 1 aromatic carbocycles. The normalized spacial score (nSPS) is 15.2. The Morgan fingerprint density at radius 3 is 2.64 bits per heavy atom. The molecule has 1 aliphatic rings. The lowest BCUT2D eigenvalue weighted by Gasteiger charge is -2.32. The second-order valence-corrected chi connectivity index (χ2v) is 5.47. The molecule has 0 aliphatic carbocycles. The van der Waals surface area contributed by atoms with Crippen molar-refractivity contribution < 1.29 is 14.3 Å². The fourth-order valence-electron chi connectivity index (χ4n) is 2.85. The van der Waals surface area contributed by atoms with Crippen molar-refractivity contribution in [2.24, 2.45) is 0 Å². The number of hydrogen-bond donors (Lipinski definition) is 1. The molecule has 1 aliphatic heterocycles. The second-order valence-electron chi connectivity index (χ2n) is 5.47. The van der Waals surface area contributed by atoms with Crippen LogP contribution in [0.25, 0.3) is 10.9 Å². The summed E-state index contributed by atoms with van der Waals surface area (Å²) in [5.41, 5.74) is 2.45. The van der Waals surface area contributed by atoms with E-state index < -0.39 is 0 Å². The lowest BCUT2D eigenvalue weighted by atomic mass is 10.1. The van der Waals surface area contributed by atoms with Crippen molar-refractivity contribution in [1.29, 1.82) is 0 Å². The molecule has 0 saturated carbocycles. The first-order valence-electron chi connectivity index (χ1n) is 7.29. The molecular weight excluding hydrogens is 282 g/mol. The maximum Gasteiger partial charge on any atom is 0.270 e. The molecule has 1 N–H and O–H groups in total. The number of carbonyl (C=O) groups is 2. The van der Waals surface area contributed by atoms with Crippen LogP contribution in [0.15, 0.2) is 18.2 Å². The lowest BCUT2D eigenvalue weighted by molar-refractivity contribution is -0.119. The molecule has 1 aromatic heterocycles. The van der Waals surface area contributed by atoms with E-state index in [9.17, 15) is 9.59 Å². The van der Waals surface area contributed by atoms with Gasteiger partial charge in [-0.3, -0.25) is 9.59 Å². The first-order valence-corrected chi connectivity index (χ1v) is 7.29. The number of benzene rings is 1. The van der Waals surface area contributed by atoms with Crippen LogP contribution in [0.1, 0.15) is 16.1 Å². The first-order chi connectivity index (χ1) is 10.6. The van der Waals surface area contributed by atoms with Gasteiger partial charge in [0, 0.05) is 43.1 Å². The van der Waals surface area contributed by atoms with Gasteiger partial charge in [-0.1, -0.05) is 0 Å². The van der Waals surface area contributed by atoms with Gasteiger partial charge in [-0.15, -0.1) is 0 Å². The SMILES string of the molecule is COc1ccc2c(C)c(C(=O)N3CCN(C=O)CC3)[nH]c2c1. The van der Waals surface area contributed by atoms with Crippen LogP contribution in [-0.4, -0.2) is 60.4 Å². The minimum atomic E-state index is -0.0155. The molecule has 1 fully saturated rings. The molecule has 6 nitrogen and oxygen atoms in total. The van der Waals surface area contributed by atoms with Gasteiger partial charge in [0.15, 0.2) is 0 Å². The number of nitrogens with zero attached hydrogens (tertiary/aromatic N) is 2. The molecule has 0 atom stereocenters. The third-order valence-electron chi connectivity index (χ3n) is 4.23. The Labute approximate surface area is 128 Å². The number of aryl methyl sites for hydroxylation is 1. The highest BCUT2D eigenvalue weighted by Gasteiger charge is 2.24. The molecule has 2 amide bonds. The van der Waals surface area contributed by atoms with E-state index in [-0.39, 0.29) is 5.91 Å². The van der Waals surface area contributed by atoms with E-state index in [0.29, 0.717) is 31.9 Å². The van der Waals surface area contributed by atoms with Crippen molar-refractivity contribution in [3.63, 3.8) is 0 Å². The van der Waals surface area contributed by atoms with Crippen LogP contribution in [0.4, 0.5) is 0 Å². The van der Waals surface area contributed by atoms with E-state index in [1.54, 1.807) is 16.9 Å². The zero-order chi connectivity index (χ0) is 15.7. The predicted molar refractivity (Wildman–Crippen MR) is 83.1 cm³/mol. The summed E-state index contributed by atoms with van der Waals surface area (Å²) < 4.78 is 5.22. The van der Waals surface area contributed by atoms with E-state index in [0.717, 1.165) is 28.6 Å². The van der Waals surface area contributed by atoms with Gasteiger partial charge < -0.3 is 19.5 Å². The van der Waals surface area contributed by atoms with E-state index >= 15 is 0 Å². The molecule has 0 bridgehead atoms. The van der Waals surface area contributed by atoms with Gasteiger partial charge in [0.05, 0.1) is 7.11 Å². The number of methoxy groups -OCH3 is 1. The largest absolute Gasteiger partial charge is 0.497 e. The summed E-state index contributed by atoms with van der Waals surface area (Å²) in [5, 5.41) is 1.02. The van der Waals surface area contributed by atoms with Gasteiger partial charge in [-0.05, 0) is 24.6 Å². The third kappa shape index (κ3) is 2.41. The summed E-state index contributed by atoms with van der Waals surface area (Å²) in [6.45, 7) is 4.25. The number of aromatic nitrogens is 1. The van der Waals surface area contributed by atoms with Crippen LogP contribution >= 0.6 is 0 Å². The first kappa shape index (κ1) is 14.4. The number of H-pyrrole nitrogens is 1. The fourth-order valence-corrected chi connectivity index (χ4v) is 2.85. The summed E-state index contributed by atoms with van der Waals surface area (Å²) in [6.07, 6.45) is 0.836. The number of fused-ring (bicyclic) bond motifs is 1. The molecule has 116 valence electrons. The summed E-state index contributed by atoms with van der Waals surface area (Å²) in [4.78, 5) is 30.1. The Balaban J connectivity index is 1.88. The van der Waals surface area contributed by atoms with Crippen LogP contribution in [0.3, 0.4) is 0 Å². The zero-order valence-corrected chi connectivity index (χ0v) is 12.8. The van der Waals surface area contributed by atoms with Crippen molar-refractivity contribution in [3.8, 4) is 5.75 Å². The molecule has 6 heteroatoms. The summed E-state index contributed by atoms with van der Waals surface area (Å²) in [5.74, 6) is 0.741. The highest BCUT2D eigenvalue weighted by molar-refractivity contribution is 6.01.